The van der Waals surface area contributed by atoms with Gasteiger partial charge in [0.1, 0.15) is 0 Å². The van der Waals surface area contributed by atoms with E-state index in [0.29, 0.717) is 6.54 Å². The number of pyridine rings is 1. The van der Waals surface area contributed by atoms with Gasteiger partial charge in [-0.2, -0.15) is 5.10 Å². The topological polar surface area (TPSA) is 70.7 Å². The molecule has 5 nitrogen and oxygen atoms in total. The largest absolute Gasteiger partial charge is 0.356 e. The molecule has 2 rings (SSSR count). The van der Waals surface area contributed by atoms with Crippen molar-refractivity contribution in [1.29, 1.82) is 0 Å². The van der Waals surface area contributed by atoms with Crippen LogP contribution in [-0.4, -0.2) is 27.6 Å². The van der Waals surface area contributed by atoms with Gasteiger partial charge in [0.05, 0.1) is 23.6 Å². The number of aromatic amines is 1. The van der Waals surface area contributed by atoms with Gasteiger partial charge in [0.15, 0.2) is 0 Å². The van der Waals surface area contributed by atoms with Gasteiger partial charge in [-0.05, 0) is 18.6 Å². The Hall–Kier alpha value is -2.17. The Morgan fingerprint density at radius 3 is 3.24 bits per heavy atom. The predicted octanol–water partition coefficient (Wildman–Crippen LogP) is 1.50. The molecular formula is C12H14N4O. The third kappa shape index (κ3) is 3.14. The summed E-state index contributed by atoms with van der Waals surface area (Å²) in [4.78, 5) is 14.9. The molecule has 2 aromatic rings. The van der Waals surface area contributed by atoms with E-state index in [2.05, 4.69) is 20.5 Å². The van der Waals surface area contributed by atoms with Gasteiger partial charge in [0.25, 0.3) is 0 Å². The Labute approximate surface area is 98.9 Å². The van der Waals surface area contributed by atoms with Crippen molar-refractivity contribution in [2.24, 2.45) is 0 Å². The number of nitrogens with one attached hydrogen (secondary N) is 2. The van der Waals surface area contributed by atoms with Crippen LogP contribution in [0.15, 0.2) is 24.5 Å². The Balaban J connectivity index is 1.93. The SMILES string of the molecule is CC(=O)NCCC=Cc1cc2cn[nH]c2cn1. The summed E-state index contributed by atoms with van der Waals surface area (Å²) in [6.45, 7) is 2.16. The van der Waals surface area contributed by atoms with Gasteiger partial charge in [-0.1, -0.05) is 6.08 Å². The predicted molar refractivity (Wildman–Crippen MR) is 66.2 cm³/mol. The number of hydrogen-bond donors (Lipinski definition) is 2. The highest BCUT2D eigenvalue weighted by atomic mass is 16.1. The molecule has 0 unspecified atom stereocenters. The standard InChI is InChI=1S/C12H14N4O/c1-9(17)13-5-3-2-4-11-6-10-7-15-16-12(10)8-14-11/h2,4,6-8H,3,5H2,1H3,(H,13,17)(H,15,16). The molecule has 0 saturated carbocycles. The highest BCUT2D eigenvalue weighted by molar-refractivity contribution is 5.78. The normalized spacial score (nSPS) is 11.1. The average molecular weight is 230 g/mol. The quantitative estimate of drug-likeness (QED) is 0.782. The molecule has 0 aromatic carbocycles. The summed E-state index contributed by atoms with van der Waals surface area (Å²) in [5.41, 5.74) is 1.82. The van der Waals surface area contributed by atoms with E-state index in [4.69, 9.17) is 0 Å². The second kappa shape index (κ2) is 5.25. The monoisotopic (exact) mass is 230 g/mol. The third-order valence-corrected chi connectivity index (χ3v) is 2.32. The van der Waals surface area contributed by atoms with Gasteiger partial charge in [0.2, 0.25) is 5.91 Å². The molecule has 0 radical (unpaired) electrons. The van der Waals surface area contributed by atoms with E-state index >= 15 is 0 Å². The van der Waals surface area contributed by atoms with Crippen molar-refractivity contribution < 1.29 is 4.79 Å². The van der Waals surface area contributed by atoms with Crippen LogP contribution >= 0.6 is 0 Å². The molecule has 5 heteroatoms. The highest BCUT2D eigenvalue weighted by Gasteiger charge is 1.96. The minimum atomic E-state index is -0.00339. The lowest BCUT2D eigenvalue weighted by Gasteiger charge is -1.97. The first-order chi connectivity index (χ1) is 8.25. The fourth-order valence-electron chi connectivity index (χ4n) is 1.49. The third-order valence-electron chi connectivity index (χ3n) is 2.32. The van der Waals surface area contributed by atoms with E-state index in [1.165, 1.54) is 6.92 Å². The van der Waals surface area contributed by atoms with Crippen molar-refractivity contribution in [3.05, 3.63) is 30.2 Å². The Kier molecular flexibility index (Phi) is 3.49. The van der Waals surface area contributed by atoms with Gasteiger partial charge in [0, 0.05) is 18.9 Å². The van der Waals surface area contributed by atoms with Crippen molar-refractivity contribution in [1.82, 2.24) is 20.5 Å². The fourth-order valence-corrected chi connectivity index (χ4v) is 1.49. The van der Waals surface area contributed by atoms with Crippen LogP contribution in [0.3, 0.4) is 0 Å². The Bertz CT molecular complexity index is 544. The van der Waals surface area contributed by atoms with Crippen LogP contribution in [0.4, 0.5) is 0 Å². The van der Waals surface area contributed by atoms with Crippen LogP contribution in [0.25, 0.3) is 17.0 Å². The number of aromatic nitrogens is 3. The summed E-state index contributed by atoms with van der Waals surface area (Å²) < 4.78 is 0. The van der Waals surface area contributed by atoms with Gasteiger partial charge < -0.3 is 5.32 Å². The van der Waals surface area contributed by atoms with E-state index in [1.807, 2.05) is 18.2 Å². The van der Waals surface area contributed by atoms with E-state index in [-0.39, 0.29) is 5.91 Å². The summed E-state index contributed by atoms with van der Waals surface area (Å²) in [5, 5.41) is 10.6. The van der Waals surface area contributed by atoms with Crippen molar-refractivity contribution in [2.75, 3.05) is 6.54 Å². The van der Waals surface area contributed by atoms with Gasteiger partial charge >= 0.3 is 0 Å². The maximum atomic E-state index is 10.6. The fraction of sp³-hybridized carbons (Fsp3) is 0.250. The maximum Gasteiger partial charge on any atom is 0.216 e. The number of nitrogens with zero attached hydrogens (tertiary/aromatic N) is 2. The summed E-state index contributed by atoms with van der Waals surface area (Å²) in [5.74, 6) is -0.00339. The molecule has 0 saturated heterocycles. The summed E-state index contributed by atoms with van der Waals surface area (Å²) in [7, 11) is 0. The molecule has 2 aromatic heterocycles. The summed E-state index contributed by atoms with van der Waals surface area (Å²) in [6.07, 6.45) is 8.25. The smallest absolute Gasteiger partial charge is 0.216 e. The molecule has 2 heterocycles. The van der Waals surface area contributed by atoms with Crippen LogP contribution in [0.5, 0.6) is 0 Å². The lowest BCUT2D eigenvalue weighted by molar-refractivity contribution is -0.118. The van der Waals surface area contributed by atoms with Gasteiger partial charge in [-0.15, -0.1) is 0 Å². The molecular weight excluding hydrogens is 216 g/mol. The molecule has 0 fully saturated rings. The molecule has 0 bridgehead atoms. The lowest BCUT2D eigenvalue weighted by atomic mass is 10.2. The highest BCUT2D eigenvalue weighted by Crippen LogP contribution is 2.11. The lowest BCUT2D eigenvalue weighted by Crippen LogP contribution is -2.20. The van der Waals surface area contributed by atoms with Gasteiger partial charge in [-0.3, -0.25) is 14.9 Å². The zero-order valence-corrected chi connectivity index (χ0v) is 9.60. The van der Waals surface area contributed by atoms with Crippen LogP contribution in [0.1, 0.15) is 19.0 Å². The van der Waals surface area contributed by atoms with E-state index in [0.717, 1.165) is 23.0 Å². The molecule has 2 N–H and O–H groups in total. The first-order valence-corrected chi connectivity index (χ1v) is 5.46. The number of amides is 1. The molecule has 0 aliphatic carbocycles. The molecule has 0 spiro atoms. The zero-order valence-electron chi connectivity index (χ0n) is 9.60. The van der Waals surface area contributed by atoms with E-state index in [1.54, 1.807) is 12.4 Å². The molecule has 17 heavy (non-hydrogen) atoms. The molecule has 88 valence electrons. The summed E-state index contributed by atoms with van der Waals surface area (Å²) in [6, 6.07) is 1.97. The first kappa shape index (κ1) is 11.3. The second-order valence-electron chi connectivity index (χ2n) is 3.74. The Morgan fingerprint density at radius 2 is 2.41 bits per heavy atom. The minimum Gasteiger partial charge on any atom is -0.356 e. The number of rotatable bonds is 4. The zero-order chi connectivity index (χ0) is 12.1. The average Bonchev–Trinajstić information content (AvgIpc) is 2.75. The van der Waals surface area contributed by atoms with E-state index in [9.17, 15) is 4.79 Å². The molecule has 0 atom stereocenters. The van der Waals surface area contributed by atoms with Crippen LogP contribution in [0, 0.1) is 0 Å². The van der Waals surface area contributed by atoms with Crippen molar-refractivity contribution in [3.63, 3.8) is 0 Å². The number of hydrogen-bond acceptors (Lipinski definition) is 3. The van der Waals surface area contributed by atoms with Crippen LogP contribution in [-0.2, 0) is 4.79 Å². The van der Waals surface area contributed by atoms with E-state index < -0.39 is 0 Å². The van der Waals surface area contributed by atoms with Crippen molar-refractivity contribution in [2.45, 2.75) is 13.3 Å². The second-order valence-corrected chi connectivity index (χ2v) is 3.74. The molecule has 0 aliphatic rings. The minimum absolute atomic E-state index is 0.00339. The first-order valence-electron chi connectivity index (χ1n) is 5.46. The van der Waals surface area contributed by atoms with Crippen LogP contribution in [0.2, 0.25) is 0 Å². The molecule has 0 aliphatic heterocycles. The number of carbonyl (C=O) groups is 1. The number of carbonyl (C=O) groups excluding carboxylic acids is 1. The van der Waals surface area contributed by atoms with Crippen molar-refractivity contribution in [3.8, 4) is 0 Å². The number of H-pyrrole nitrogens is 1. The van der Waals surface area contributed by atoms with Crippen LogP contribution < -0.4 is 5.32 Å². The Morgan fingerprint density at radius 1 is 1.53 bits per heavy atom. The maximum absolute atomic E-state index is 10.6. The van der Waals surface area contributed by atoms with Crippen molar-refractivity contribution >= 4 is 22.9 Å². The summed E-state index contributed by atoms with van der Waals surface area (Å²) >= 11 is 0. The molecule has 1 amide bonds. The number of fused-ring (bicyclic) bond motifs is 1. The van der Waals surface area contributed by atoms with Gasteiger partial charge in [-0.25, -0.2) is 0 Å².